The number of aromatic amines is 1. The number of nitrogens with one attached hydrogen (secondary N) is 3. The monoisotopic (exact) mass is 390 g/mol. The number of carbonyl (C=O) groups is 2. The van der Waals surface area contributed by atoms with Gasteiger partial charge in [-0.1, -0.05) is 36.4 Å². The normalized spacial score (nSPS) is 16.2. The number of nitrogens with zero attached hydrogens (tertiary/aromatic N) is 1. The second-order valence-electron chi connectivity index (χ2n) is 7.46. The lowest BCUT2D eigenvalue weighted by Crippen LogP contribution is -2.47. The Hall–Kier alpha value is -3.28. The maximum atomic E-state index is 12.7. The molecule has 1 aliphatic rings. The van der Waals surface area contributed by atoms with Crippen molar-refractivity contribution in [3.05, 3.63) is 65.9 Å². The van der Waals surface area contributed by atoms with Gasteiger partial charge < -0.3 is 20.5 Å². The van der Waals surface area contributed by atoms with Gasteiger partial charge in [0.05, 0.1) is 0 Å². The summed E-state index contributed by atoms with van der Waals surface area (Å²) in [6, 6.07) is 16.9. The highest BCUT2D eigenvalue weighted by Crippen LogP contribution is 2.22. The van der Waals surface area contributed by atoms with E-state index in [0.717, 1.165) is 29.7 Å². The first kappa shape index (κ1) is 19.1. The molecule has 150 valence electrons. The van der Waals surface area contributed by atoms with E-state index in [1.807, 2.05) is 42.5 Å². The number of carbonyl (C=O) groups excluding carboxylic acids is 2. The standard InChI is InChI=1S/C23H26N4O2/c1-16-18(19-10-5-6-11-20(19)25-16)13-14-24-22(28)21-12-7-15-27(21)23(29)26-17-8-3-2-4-9-17/h2-6,8-11,21,25H,7,12-15H2,1H3,(H,24,28)(H,26,29). The van der Waals surface area contributed by atoms with Crippen LogP contribution < -0.4 is 10.6 Å². The van der Waals surface area contributed by atoms with Crippen LogP contribution in [0.2, 0.25) is 0 Å². The molecule has 29 heavy (non-hydrogen) atoms. The summed E-state index contributed by atoms with van der Waals surface area (Å²) < 4.78 is 0. The Labute approximate surface area is 170 Å². The van der Waals surface area contributed by atoms with Gasteiger partial charge in [0.15, 0.2) is 0 Å². The van der Waals surface area contributed by atoms with Crippen LogP contribution in [0.5, 0.6) is 0 Å². The van der Waals surface area contributed by atoms with E-state index in [1.165, 1.54) is 10.9 Å². The Bertz CT molecular complexity index is 1010. The number of para-hydroxylation sites is 2. The van der Waals surface area contributed by atoms with E-state index in [1.54, 1.807) is 4.90 Å². The molecule has 1 saturated heterocycles. The molecular formula is C23H26N4O2. The highest BCUT2D eigenvalue weighted by molar-refractivity contribution is 5.94. The highest BCUT2D eigenvalue weighted by Gasteiger charge is 2.34. The molecule has 1 aliphatic heterocycles. The van der Waals surface area contributed by atoms with Gasteiger partial charge in [0.2, 0.25) is 5.91 Å². The number of aryl methyl sites for hydroxylation is 1. The van der Waals surface area contributed by atoms with E-state index >= 15 is 0 Å². The first-order chi connectivity index (χ1) is 14.1. The molecule has 4 rings (SSSR count). The largest absolute Gasteiger partial charge is 0.358 e. The molecule has 1 atom stereocenters. The Morgan fingerprint density at radius 1 is 1.10 bits per heavy atom. The third-order valence-corrected chi connectivity index (χ3v) is 5.54. The van der Waals surface area contributed by atoms with Crippen molar-refractivity contribution in [1.29, 1.82) is 0 Å². The average Bonchev–Trinajstić information content (AvgIpc) is 3.34. The number of H-pyrrole nitrogens is 1. The lowest BCUT2D eigenvalue weighted by Gasteiger charge is -2.24. The SMILES string of the molecule is Cc1[nH]c2ccccc2c1CCNC(=O)C1CCCN1C(=O)Nc1ccccc1. The molecule has 0 aliphatic carbocycles. The Balaban J connectivity index is 1.35. The number of anilines is 1. The van der Waals surface area contributed by atoms with Crippen LogP contribution in [0.3, 0.4) is 0 Å². The summed E-state index contributed by atoms with van der Waals surface area (Å²) in [5, 5.41) is 7.10. The number of fused-ring (bicyclic) bond motifs is 1. The molecule has 3 amide bonds. The maximum Gasteiger partial charge on any atom is 0.322 e. The van der Waals surface area contributed by atoms with Crippen molar-refractivity contribution < 1.29 is 9.59 Å². The number of rotatable bonds is 5. The molecule has 0 saturated carbocycles. The Morgan fingerprint density at radius 3 is 2.69 bits per heavy atom. The number of likely N-dealkylation sites (tertiary alicyclic amines) is 1. The third-order valence-electron chi connectivity index (χ3n) is 5.54. The third kappa shape index (κ3) is 4.11. The molecule has 2 heterocycles. The predicted molar refractivity (Wildman–Crippen MR) is 115 cm³/mol. The topological polar surface area (TPSA) is 77.2 Å². The summed E-state index contributed by atoms with van der Waals surface area (Å²) in [4.78, 5) is 30.4. The fourth-order valence-electron chi connectivity index (χ4n) is 4.08. The first-order valence-electron chi connectivity index (χ1n) is 10.1. The van der Waals surface area contributed by atoms with Crippen LogP contribution in [0, 0.1) is 6.92 Å². The summed E-state index contributed by atoms with van der Waals surface area (Å²) >= 11 is 0. The summed E-state index contributed by atoms with van der Waals surface area (Å²) in [6.45, 7) is 3.20. The van der Waals surface area contributed by atoms with Crippen LogP contribution in [0.15, 0.2) is 54.6 Å². The van der Waals surface area contributed by atoms with Crippen molar-refractivity contribution in [2.24, 2.45) is 0 Å². The molecular weight excluding hydrogens is 364 g/mol. The van der Waals surface area contributed by atoms with Gasteiger partial charge in [-0.3, -0.25) is 4.79 Å². The van der Waals surface area contributed by atoms with Gasteiger partial charge in [-0.05, 0) is 49.9 Å². The molecule has 3 aromatic rings. The second kappa shape index (κ2) is 8.39. The molecule has 0 spiro atoms. The average molecular weight is 390 g/mol. The highest BCUT2D eigenvalue weighted by atomic mass is 16.2. The number of benzene rings is 2. The van der Waals surface area contributed by atoms with Crippen molar-refractivity contribution in [2.45, 2.75) is 32.2 Å². The molecule has 1 unspecified atom stereocenters. The summed E-state index contributed by atoms with van der Waals surface area (Å²) in [5.74, 6) is -0.0804. The van der Waals surface area contributed by atoms with E-state index in [4.69, 9.17) is 0 Å². The Kier molecular flexibility index (Phi) is 5.51. The minimum absolute atomic E-state index is 0.0804. The predicted octanol–water partition coefficient (Wildman–Crippen LogP) is 3.83. The van der Waals surface area contributed by atoms with E-state index in [0.29, 0.717) is 19.5 Å². The van der Waals surface area contributed by atoms with E-state index < -0.39 is 6.04 Å². The minimum Gasteiger partial charge on any atom is -0.358 e. The van der Waals surface area contributed by atoms with Gasteiger partial charge in [0.25, 0.3) is 0 Å². The van der Waals surface area contributed by atoms with Crippen LogP contribution in [-0.4, -0.2) is 41.0 Å². The van der Waals surface area contributed by atoms with Crippen molar-refractivity contribution in [2.75, 3.05) is 18.4 Å². The minimum atomic E-state index is -0.414. The van der Waals surface area contributed by atoms with E-state index in [-0.39, 0.29) is 11.9 Å². The van der Waals surface area contributed by atoms with Crippen molar-refractivity contribution in [1.82, 2.24) is 15.2 Å². The molecule has 0 bridgehead atoms. The lowest BCUT2D eigenvalue weighted by atomic mass is 10.1. The van der Waals surface area contributed by atoms with Crippen molar-refractivity contribution >= 4 is 28.5 Å². The van der Waals surface area contributed by atoms with Crippen LogP contribution in [0.25, 0.3) is 10.9 Å². The van der Waals surface area contributed by atoms with Gasteiger partial charge in [0.1, 0.15) is 6.04 Å². The zero-order valence-corrected chi connectivity index (χ0v) is 16.6. The van der Waals surface area contributed by atoms with Crippen LogP contribution >= 0.6 is 0 Å². The smallest absolute Gasteiger partial charge is 0.322 e. The maximum absolute atomic E-state index is 12.7. The number of aromatic nitrogens is 1. The van der Waals surface area contributed by atoms with Crippen LogP contribution in [-0.2, 0) is 11.2 Å². The van der Waals surface area contributed by atoms with Gasteiger partial charge in [-0.2, -0.15) is 0 Å². The molecule has 1 aromatic heterocycles. The van der Waals surface area contributed by atoms with Crippen LogP contribution in [0.4, 0.5) is 10.5 Å². The van der Waals surface area contributed by atoms with Gasteiger partial charge >= 0.3 is 6.03 Å². The summed E-state index contributed by atoms with van der Waals surface area (Å²) in [5.41, 5.74) is 4.21. The van der Waals surface area contributed by atoms with Gasteiger partial charge in [-0.15, -0.1) is 0 Å². The van der Waals surface area contributed by atoms with Gasteiger partial charge in [0, 0.05) is 35.4 Å². The van der Waals surface area contributed by atoms with Crippen LogP contribution in [0.1, 0.15) is 24.1 Å². The quantitative estimate of drug-likeness (QED) is 0.619. The summed E-state index contributed by atoms with van der Waals surface area (Å²) in [6.07, 6.45) is 2.28. The second-order valence-corrected chi connectivity index (χ2v) is 7.46. The van der Waals surface area contributed by atoms with Gasteiger partial charge in [-0.25, -0.2) is 4.79 Å². The van der Waals surface area contributed by atoms with Crippen molar-refractivity contribution in [3.63, 3.8) is 0 Å². The van der Waals surface area contributed by atoms with Crippen molar-refractivity contribution in [3.8, 4) is 0 Å². The number of urea groups is 1. The molecule has 3 N–H and O–H groups in total. The first-order valence-corrected chi connectivity index (χ1v) is 10.1. The van der Waals surface area contributed by atoms with E-state index in [9.17, 15) is 9.59 Å². The number of hydrogen-bond acceptors (Lipinski definition) is 2. The lowest BCUT2D eigenvalue weighted by molar-refractivity contribution is -0.124. The fraction of sp³-hybridized carbons (Fsp3) is 0.304. The molecule has 6 nitrogen and oxygen atoms in total. The molecule has 6 heteroatoms. The fourth-order valence-corrected chi connectivity index (χ4v) is 4.08. The Morgan fingerprint density at radius 2 is 1.86 bits per heavy atom. The molecule has 0 radical (unpaired) electrons. The zero-order chi connectivity index (χ0) is 20.2. The number of amides is 3. The molecule has 1 fully saturated rings. The van der Waals surface area contributed by atoms with E-state index in [2.05, 4.69) is 34.7 Å². The number of hydrogen-bond donors (Lipinski definition) is 3. The molecule has 2 aromatic carbocycles. The summed E-state index contributed by atoms with van der Waals surface area (Å²) in [7, 11) is 0. The zero-order valence-electron chi connectivity index (χ0n) is 16.6.